The molecule has 4 nitrogen and oxygen atoms in total. The van der Waals surface area contributed by atoms with Gasteiger partial charge in [-0.3, -0.25) is 4.79 Å². The Kier molecular flexibility index (Phi) is 3.87. The summed E-state index contributed by atoms with van der Waals surface area (Å²) in [6.07, 6.45) is 1.78. The van der Waals surface area contributed by atoms with Gasteiger partial charge in [0.15, 0.2) is 0 Å². The summed E-state index contributed by atoms with van der Waals surface area (Å²) in [6, 6.07) is 5.80. The van der Waals surface area contributed by atoms with Gasteiger partial charge < -0.3 is 15.4 Å². The number of benzene rings is 1. The Balaban J connectivity index is 2.13. The fourth-order valence-electron chi connectivity index (χ4n) is 2.28. The van der Waals surface area contributed by atoms with Crippen molar-refractivity contribution in [2.45, 2.75) is 25.8 Å². The predicted octanol–water partition coefficient (Wildman–Crippen LogP) is 1.57. The van der Waals surface area contributed by atoms with Gasteiger partial charge in [-0.25, -0.2) is 0 Å². The predicted molar refractivity (Wildman–Crippen MR) is 70.8 cm³/mol. The number of aryl methyl sites for hydroxylation is 1. The van der Waals surface area contributed by atoms with Crippen LogP contribution in [-0.4, -0.2) is 37.0 Å². The number of ether oxygens (including phenoxy) is 1. The zero-order valence-electron chi connectivity index (χ0n) is 11.0. The lowest BCUT2D eigenvalue weighted by atomic mass is 10.0. The van der Waals surface area contributed by atoms with E-state index in [0.29, 0.717) is 0 Å². The summed E-state index contributed by atoms with van der Waals surface area (Å²) in [5.41, 5.74) is 7.56. The van der Waals surface area contributed by atoms with Crippen LogP contribution in [0.25, 0.3) is 0 Å². The first-order chi connectivity index (χ1) is 8.61. The Labute approximate surface area is 108 Å². The smallest absolute Gasteiger partial charge is 0.254 e. The number of methoxy groups -OCH3 is 1. The van der Waals surface area contributed by atoms with Crippen molar-refractivity contribution in [3.05, 3.63) is 29.3 Å². The molecule has 1 aliphatic rings. The van der Waals surface area contributed by atoms with Crippen molar-refractivity contribution in [2.75, 3.05) is 20.2 Å². The van der Waals surface area contributed by atoms with Crippen molar-refractivity contribution in [1.82, 2.24) is 4.90 Å². The number of hydrogen-bond acceptors (Lipinski definition) is 3. The standard InChI is InChI=1S/C14H20N2O2/c1-10-9-12(18-2)3-4-13(10)14(17)16-7-5-11(15)6-8-16/h3-4,9,11H,5-8,15H2,1-2H3. The van der Waals surface area contributed by atoms with E-state index >= 15 is 0 Å². The van der Waals surface area contributed by atoms with E-state index in [2.05, 4.69) is 0 Å². The molecular weight excluding hydrogens is 228 g/mol. The van der Waals surface area contributed by atoms with E-state index in [1.54, 1.807) is 7.11 Å². The number of likely N-dealkylation sites (tertiary alicyclic amines) is 1. The molecule has 4 heteroatoms. The average Bonchev–Trinajstić information content (AvgIpc) is 2.38. The molecule has 98 valence electrons. The highest BCUT2D eigenvalue weighted by Gasteiger charge is 2.22. The third-order valence-corrected chi connectivity index (χ3v) is 3.49. The van der Waals surface area contributed by atoms with Crippen LogP contribution in [-0.2, 0) is 0 Å². The molecule has 1 aromatic rings. The SMILES string of the molecule is COc1ccc(C(=O)N2CCC(N)CC2)c(C)c1. The van der Waals surface area contributed by atoms with Crippen LogP contribution in [0.1, 0.15) is 28.8 Å². The van der Waals surface area contributed by atoms with Gasteiger partial charge in [-0.05, 0) is 43.5 Å². The van der Waals surface area contributed by atoms with Crippen LogP contribution in [0.2, 0.25) is 0 Å². The van der Waals surface area contributed by atoms with Gasteiger partial charge in [-0.2, -0.15) is 0 Å². The lowest BCUT2D eigenvalue weighted by Crippen LogP contribution is -2.43. The summed E-state index contributed by atoms with van der Waals surface area (Å²) in [5.74, 6) is 0.881. The highest BCUT2D eigenvalue weighted by atomic mass is 16.5. The van der Waals surface area contributed by atoms with Crippen molar-refractivity contribution in [3.8, 4) is 5.75 Å². The van der Waals surface area contributed by atoms with Crippen LogP contribution in [0.5, 0.6) is 5.75 Å². The summed E-state index contributed by atoms with van der Waals surface area (Å²) in [4.78, 5) is 14.3. The molecular formula is C14H20N2O2. The van der Waals surface area contributed by atoms with Crippen LogP contribution >= 0.6 is 0 Å². The van der Waals surface area contributed by atoms with Crippen molar-refractivity contribution >= 4 is 5.91 Å². The molecule has 1 heterocycles. The second-order valence-corrected chi connectivity index (χ2v) is 4.81. The second-order valence-electron chi connectivity index (χ2n) is 4.81. The molecule has 2 N–H and O–H groups in total. The Hall–Kier alpha value is -1.55. The number of amides is 1. The molecule has 0 saturated carbocycles. The highest BCUT2D eigenvalue weighted by molar-refractivity contribution is 5.95. The quantitative estimate of drug-likeness (QED) is 0.864. The van der Waals surface area contributed by atoms with Gasteiger partial charge in [0, 0.05) is 24.7 Å². The lowest BCUT2D eigenvalue weighted by molar-refractivity contribution is 0.0714. The molecule has 1 aromatic carbocycles. The summed E-state index contributed by atoms with van der Waals surface area (Å²) in [6.45, 7) is 3.45. The minimum Gasteiger partial charge on any atom is -0.497 e. The van der Waals surface area contributed by atoms with Crippen molar-refractivity contribution in [1.29, 1.82) is 0 Å². The molecule has 1 aliphatic heterocycles. The van der Waals surface area contributed by atoms with Gasteiger partial charge >= 0.3 is 0 Å². The van der Waals surface area contributed by atoms with E-state index < -0.39 is 0 Å². The Bertz CT molecular complexity index is 437. The first kappa shape index (κ1) is 12.9. The first-order valence-corrected chi connectivity index (χ1v) is 6.31. The molecule has 0 spiro atoms. The summed E-state index contributed by atoms with van der Waals surface area (Å²) in [7, 11) is 1.63. The lowest BCUT2D eigenvalue weighted by Gasteiger charge is -2.30. The average molecular weight is 248 g/mol. The number of carbonyl (C=O) groups is 1. The van der Waals surface area contributed by atoms with Gasteiger partial charge in [0.05, 0.1) is 7.11 Å². The van der Waals surface area contributed by atoms with Gasteiger partial charge in [0.25, 0.3) is 5.91 Å². The van der Waals surface area contributed by atoms with E-state index in [9.17, 15) is 4.79 Å². The van der Waals surface area contributed by atoms with Crippen molar-refractivity contribution < 1.29 is 9.53 Å². The van der Waals surface area contributed by atoms with E-state index in [1.807, 2.05) is 30.0 Å². The van der Waals surface area contributed by atoms with Gasteiger partial charge in [0.2, 0.25) is 0 Å². The molecule has 0 bridgehead atoms. The number of carbonyl (C=O) groups excluding carboxylic acids is 1. The Morgan fingerprint density at radius 3 is 2.61 bits per heavy atom. The number of rotatable bonds is 2. The largest absolute Gasteiger partial charge is 0.497 e. The van der Waals surface area contributed by atoms with E-state index in [1.165, 1.54) is 0 Å². The minimum absolute atomic E-state index is 0.0991. The topological polar surface area (TPSA) is 55.6 Å². The molecule has 1 fully saturated rings. The van der Waals surface area contributed by atoms with Crippen molar-refractivity contribution in [3.63, 3.8) is 0 Å². The summed E-state index contributed by atoms with van der Waals surface area (Å²) < 4.78 is 5.15. The van der Waals surface area contributed by atoms with E-state index in [-0.39, 0.29) is 11.9 Å². The van der Waals surface area contributed by atoms with Gasteiger partial charge in [-0.1, -0.05) is 0 Å². The first-order valence-electron chi connectivity index (χ1n) is 6.31. The summed E-state index contributed by atoms with van der Waals surface area (Å²) >= 11 is 0. The Morgan fingerprint density at radius 2 is 2.06 bits per heavy atom. The molecule has 0 aromatic heterocycles. The molecule has 0 radical (unpaired) electrons. The summed E-state index contributed by atoms with van der Waals surface area (Å²) in [5, 5.41) is 0. The van der Waals surface area contributed by atoms with Gasteiger partial charge in [-0.15, -0.1) is 0 Å². The maximum absolute atomic E-state index is 12.4. The normalized spacial score (nSPS) is 16.7. The van der Waals surface area contributed by atoms with Crippen LogP contribution in [0.3, 0.4) is 0 Å². The molecule has 0 aliphatic carbocycles. The molecule has 1 saturated heterocycles. The molecule has 1 amide bonds. The molecule has 2 rings (SSSR count). The zero-order chi connectivity index (χ0) is 13.1. The molecule has 18 heavy (non-hydrogen) atoms. The molecule has 0 unspecified atom stereocenters. The third kappa shape index (κ3) is 2.64. The second kappa shape index (κ2) is 5.40. The number of piperidine rings is 1. The van der Waals surface area contributed by atoms with Crippen LogP contribution in [0.15, 0.2) is 18.2 Å². The number of nitrogens with zero attached hydrogens (tertiary/aromatic N) is 1. The Morgan fingerprint density at radius 1 is 1.39 bits per heavy atom. The van der Waals surface area contributed by atoms with Crippen LogP contribution < -0.4 is 10.5 Å². The fourth-order valence-corrected chi connectivity index (χ4v) is 2.28. The van der Waals surface area contributed by atoms with Crippen molar-refractivity contribution in [2.24, 2.45) is 5.73 Å². The third-order valence-electron chi connectivity index (χ3n) is 3.49. The number of nitrogens with two attached hydrogens (primary N) is 1. The maximum Gasteiger partial charge on any atom is 0.254 e. The van der Waals surface area contributed by atoms with E-state index in [0.717, 1.165) is 42.8 Å². The van der Waals surface area contributed by atoms with Gasteiger partial charge in [0.1, 0.15) is 5.75 Å². The maximum atomic E-state index is 12.4. The molecule has 0 atom stereocenters. The zero-order valence-corrected chi connectivity index (χ0v) is 11.0. The minimum atomic E-state index is 0.0991. The number of hydrogen-bond donors (Lipinski definition) is 1. The van der Waals surface area contributed by atoms with Crippen LogP contribution in [0.4, 0.5) is 0 Å². The van der Waals surface area contributed by atoms with Crippen LogP contribution in [0, 0.1) is 6.92 Å². The highest BCUT2D eigenvalue weighted by Crippen LogP contribution is 2.20. The van der Waals surface area contributed by atoms with E-state index in [4.69, 9.17) is 10.5 Å². The monoisotopic (exact) mass is 248 g/mol. The fraction of sp³-hybridized carbons (Fsp3) is 0.500.